The van der Waals surface area contributed by atoms with Crippen LogP contribution >= 0.6 is 11.3 Å². The molecule has 1 unspecified atom stereocenters. The summed E-state index contributed by atoms with van der Waals surface area (Å²) in [5.74, 6) is -0.620. The van der Waals surface area contributed by atoms with E-state index in [0.29, 0.717) is 21.9 Å². The number of ether oxygens (including phenoxy) is 1. The fourth-order valence-corrected chi connectivity index (χ4v) is 4.28. The molecule has 1 aliphatic carbocycles. The van der Waals surface area contributed by atoms with Gasteiger partial charge in [0.25, 0.3) is 5.91 Å². The number of amides is 1. The minimum atomic E-state index is -0.981. The normalized spacial score (nSPS) is 14.7. The Morgan fingerprint density at radius 2 is 2.12 bits per heavy atom. The maximum Gasteiger partial charge on any atom is 0.342 e. The Morgan fingerprint density at radius 1 is 1.35 bits per heavy atom. The number of furan rings is 1. The lowest BCUT2D eigenvalue weighted by atomic mass is 10.1. The van der Waals surface area contributed by atoms with Gasteiger partial charge in [-0.15, -0.1) is 11.3 Å². The Hall–Kier alpha value is -2.59. The summed E-state index contributed by atoms with van der Waals surface area (Å²) in [6, 6.07) is 3.73. The number of rotatable bonds is 4. The molecule has 1 amide bonds. The molecule has 1 atom stereocenters. The highest BCUT2D eigenvalue weighted by Crippen LogP contribution is 2.37. The van der Waals surface area contributed by atoms with E-state index < -0.39 is 18.0 Å². The van der Waals surface area contributed by atoms with E-state index >= 15 is 0 Å². The number of carbonyl (C=O) groups is 2. The van der Waals surface area contributed by atoms with E-state index in [2.05, 4.69) is 11.4 Å². The van der Waals surface area contributed by atoms with Crippen LogP contribution in [-0.2, 0) is 22.4 Å². The summed E-state index contributed by atoms with van der Waals surface area (Å²) in [6.07, 6.45) is 5.55. The van der Waals surface area contributed by atoms with E-state index in [4.69, 9.17) is 9.15 Å². The van der Waals surface area contributed by atoms with Crippen LogP contribution in [0, 0.1) is 18.3 Å². The average molecular weight is 372 g/mol. The summed E-state index contributed by atoms with van der Waals surface area (Å²) >= 11 is 1.45. The van der Waals surface area contributed by atoms with E-state index in [1.54, 1.807) is 6.92 Å². The summed E-state index contributed by atoms with van der Waals surface area (Å²) in [4.78, 5) is 25.7. The maximum atomic E-state index is 12.4. The van der Waals surface area contributed by atoms with Crippen LogP contribution in [0.4, 0.5) is 5.00 Å². The van der Waals surface area contributed by atoms with Crippen molar-refractivity contribution in [2.45, 2.75) is 52.1 Å². The SMILES string of the molecule is Cc1occc1C(=O)OC(C)C(=O)Nc1sc2c(c1C#N)CCCCC2. The summed E-state index contributed by atoms with van der Waals surface area (Å²) < 4.78 is 10.3. The molecule has 0 radical (unpaired) electrons. The quantitative estimate of drug-likeness (QED) is 0.647. The first kappa shape index (κ1) is 18.2. The third-order valence-corrected chi connectivity index (χ3v) is 5.71. The molecule has 1 aliphatic rings. The van der Waals surface area contributed by atoms with Crippen molar-refractivity contribution in [2.24, 2.45) is 0 Å². The van der Waals surface area contributed by atoms with Gasteiger partial charge in [0.15, 0.2) is 6.10 Å². The van der Waals surface area contributed by atoms with Gasteiger partial charge in [0.05, 0.1) is 11.8 Å². The van der Waals surface area contributed by atoms with E-state index in [1.165, 1.54) is 35.5 Å². The van der Waals surface area contributed by atoms with Gasteiger partial charge in [-0.2, -0.15) is 5.26 Å². The van der Waals surface area contributed by atoms with Gasteiger partial charge in [0.2, 0.25) is 0 Å². The molecule has 2 aromatic heterocycles. The van der Waals surface area contributed by atoms with Crippen LogP contribution in [0.5, 0.6) is 0 Å². The number of nitrogens with zero attached hydrogens (tertiary/aromatic N) is 1. The molecular formula is C19H20N2O4S. The second kappa shape index (κ2) is 7.75. The van der Waals surface area contributed by atoms with Gasteiger partial charge in [0.1, 0.15) is 22.4 Å². The predicted octanol–water partition coefficient (Wildman–Crippen LogP) is 3.97. The first-order valence-corrected chi connectivity index (χ1v) is 9.43. The van der Waals surface area contributed by atoms with Gasteiger partial charge < -0.3 is 14.5 Å². The molecule has 0 saturated carbocycles. The number of nitrogens with one attached hydrogen (secondary N) is 1. The number of aryl methyl sites for hydroxylation is 2. The van der Waals surface area contributed by atoms with E-state index in [-0.39, 0.29) is 0 Å². The Labute approximate surface area is 155 Å². The van der Waals surface area contributed by atoms with Crippen molar-refractivity contribution in [3.8, 4) is 6.07 Å². The highest BCUT2D eigenvalue weighted by atomic mass is 32.1. The lowest BCUT2D eigenvalue weighted by molar-refractivity contribution is -0.123. The Morgan fingerprint density at radius 3 is 2.81 bits per heavy atom. The van der Waals surface area contributed by atoms with Crippen molar-refractivity contribution in [1.29, 1.82) is 5.26 Å². The number of hydrogen-bond acceptors (Lipinski definition) is 6. The third-order valence-electron chi connectivity index (χ3n) is 4.50. The monoisotopic (exact) mass is 372 g/mol. The van der Waals surface area contributed by atoms with Gasteiger partial charge >= 0.3 is 5.97 Å². The summed E-state index contributed by atoms with van der Waals surface area (Å²) in [5, 5.41) is 12.8. The second-order valence-corrected chi connectivity index (χ2v) is 7.41. The average Bonchev–Trinajstić information content (AvgIpc) is 3.10. The number of hydrogen-bond donors (Lipinski definition) is 1. The molecule has 7 heteroatoms. The van der Waals surface area contributed by atoms with Crippen LogP contribution in [0.1, 0.15) is 58.3 Å². The fourth-order valence-electron chi connectivity index (χ4n) is 3.04. The molecule has 2 heterocycles. The zero-order valence-corrected chi connectivity index (χ0v) is 15.6. The van der Waals surface area contributed by atoms with Crippen LogP contribution in [0.25, 0.3) is 0 Å². The zero-order chi connectivity index (χ0) is 18.7. The first-order valence-electron chi connectivity index (χ1n) is 8.61. The number of nitriles is 1. The van der Waals surface area contributed by atoms with Crippen LogP contribution in [-0.4, -0.2) is 18.0 Å². The highest BCUT2D eigenvalue weighted by Gasteiger charge is 2.25. The molecule has 0 saturated heterocycles. The zero-order valence-electron chi connectivity index (χ0n) is 14.8. The summed E-state index contributed by atoms with van der Waals surface area (Å²) in [7, 11) is 0. The molecule has 0 aromatic carbocycles. The van der Waals surface area contributed by atoms with Crippen molar-refractivity contribution in [3.05, 3.63) is 39.7 Å². The van der Waals surface area contributed by atoms with E-state index in [0.717, 1.165) is 37.7 Å². The maximum absolute atomic E-state index is 12.4. The van der Waals surface area contributed by atoms with Crippen LogP contribution < -0.4 is 5.32 Å². The number of carbonyl (C=O) groups excluding carboxylic acids is 2. The molecule has 0 fully saturated rings. The first-order chi connectivity index (χ1) is 12.5. The lowest BCUT2D eigenvalue weighted by Gasteiger charge is -2.12. The van der Waals surface area contributed by atoms with Crippen molar-refractivity contribution in [3.63, 3.8) is 0 Å². The smallest absolute Gasteiger partial charge is 0.342 e. The molecule has 1 N–H and O–H groups in total. The van der Waals surface area contributed by atoms with Crippen molar-refractivity contribution in [2.75, 3.05) is 5.32 Å². The lowest BCUT2D eigenvalue weighted by Crippen LogP contribution is -2.30. The van der Waals surface area contributed by atoms with Crippen molar-refractivity contribution >= 4 is 28.2 Å². The van der Waals surface area contributed by atoms with E-state index in [9.17, 15) is 14.9 Å². The van der Waals surface area contributed by atoms with Crippen LogP contribution in [0.15, 0.2) is 16.7 Å². The minimum Gasteiger partial charge on any atom is -0.469 e. The molecule has 0 spiro atoms. The highest BCUT2D eigenvalue weighted by molar-refractivity contribution is 7.16. The molecule has 136 valence electrons. The number of thiophene rings is 1. The molecular weight excluding hydrogens is 352 g/mol. The summed E-state index contributed by atoms with van der Waals surface area (Å²) in [5.41, 5.74) is 1.90. The Kier molecular flexibility index (Phi) is 5.43. The largest absolute Gasteiger partial charge is 0.469 e. The van der Waals surface area contributed by atoms with Crippen LogP contribution in [0.2, 0.25) is 0 Å². The van der Waals surface area contributed by atoms with Gasteiger partial charge in [-0.3, -0.25) is 4.79 Å². The molecule has 2 aromatic rings. The predicted molar refractivity (Wildman–Crippen MR) is 97.2 cm³/mol. The fraction of sp³-hybridized carbons (Fsp3) is 0.421. The van der Waals surface area contributed by atoms with Gasteiger partial charge in [-0.05, 0) is 51.2 Å². The standard InChI is InChI=1S/C19H20N2O4S/c1-11-13(8-9-24-11)19(23)25-12(2)17(22)21-18-15(10-20)14-6-4-3-5-7-16(14)26-18/h8-9,12H,3-7H2,1-2H3,(H,21,22). The number of fused-ring (bicyclic) bond motifs is 1. The van der Waals surface area contributed by atoms with Gasteiger partial charge in [-0.25, -0.2) is 4.79 Å². The molecule has 26 heavy (non-hydrogen) atoms. The number of anilines is 1. The Bertz CT molecular complexity index is 875. The van der Waals surface area contributed by atoms with E-state index in [1.807, 2.05) is 0 Å². The topological polar surface area (TPSA) is 92.3 Å². The minimum absolute atomic E-state index is 0.296. The molecule has 0 aliphatic heterocycles. The van der Waals surface area contributed by atoms with Crippen LogP contribution in [0.3, 0.4) is 0 Å². The number of esters is 1. The molecule has 6 nitrogen and oxygen atoms in total. The second-order valence-electron chi connectivity index (χ2n) is 6.31. The van der Waals surface area contributed by atoms with Crippen molar-refractivity contribution < 1.29 is 18.7 Å². The third kappa shape index (κ3) is 3.65. The van der Waals surface area contributed by atoms with Gasteiger partial charge in [-0.1, -0.05) is 6.42 Å². The van der Waals surface area contributed by atoms with Gasteiger partial charge in [0, 0.05) is 4.88 Å². The molecule has 0 bridgehead atoms. The Balaban J connectivity index is 1.71. The summed E-state index contributed by atoms with van der Waals surface area (Å²) in [6.45, 7) is 3.16. The molecule has 3 rings (SSSR count). The van der Waals surface area contributed by atoms with Crippen molar-refractivity contribution in [1.82, 2.24) is 0 Å².